The molecule has 0 unspecified atom stereocenters. The lowest BCUT2D eigenvalue weighted by Crippen LogP contribution is -2.25. The molecule has 0 saturated carbocycles. The summed E-state index contributed by atoms with van der Waals surface area (Å²) in [6.07, 6.45) is 0. The third kappa shape index (κ3) is 4.36. The van der Waals surface area contributed by atoms with Gasteiger partial charge in [0.1, 0.15) is 0 Å². The van der Waals surface area contributed by atoms with Gasteiger partial charge < -0.3 is 5.32 Å². The first-order valence-electron chi connectivity index (χ1n) is 7.31. The van der Waals surface area contributed by atoms with Crippen LogP contribution < -0.4 is 10.7 Å². The van der Waals surface area contributed by atoms with E-state index in [1.165, 1.54) is 17.7 Å². The Morgan fingerprint density at radius 1 is 1.17 bits per heavy atom. The Morgan fingerprint density at radius 2 is 1.83 bits per heavy atom. The SMILES string of the molecule is C/C(=N/NC(=S)Nc1cccc(C)c1C)c1ccc([N+](=O)[O-])cc1. The molecule has 2 rings (SSSR count). The number of hydrogen-bond donors (Lipinski definition) is 2. The molecule has 124 valence electrons. The first-order chi connectivity index (χ1) is 11.4. The van der Waals surface area contributed by atoms with Gasteiger partial charge in [-0.05, 0) is 67.9 Å². The predicted octanol–water partition coefficient (Wildman–Crippen LogP) is 3.92. The molecule has 7 heteroatoms. The van der Waals surface area contributed by atoms with E-state index in [1.54, 1.807) is 19.1 Å². The second-order valence-corrected chi connectivity index (χ2v) is 5.72. The van der Waals surface area contributed by atoms with E-state index in [2.05, 4.69) is 15.8 Å². The number of nitrogens with one attached hydrogen (secondary N) is 2. The third-order valence-corrected chi connectivity index (χ3v) is 3.87. The maximum Gasteiger partial charge on any atom is 0.269 e. The van der Waals surface area contributed by atoms with Crippen LogP contribution in [0.4, 0.5) is 11.4 Å². The summed E-state index contributed by atoms with van der Waals surface area (Å²) in [5.74, 6) is 0. The molecule has 0 fully saturated rings. The lowest BCUT2D eigenvalue weighted by atomic mass is 10.1. The van der Waals surface area contributed by atoms with Crippen LogP contribution in [0.1, 0.15) is 23.6 Å². The van der Waals surface area contributed by atoms with Gasteiger partial charge in [-0.2, -0.15) is 5.10 Å². The van der Waals surface area contributed by atoms with Crippen molar-refractivity contribution >= 4 is 34.4 Å². The maximum atomic E-state index is 10.7. The number of rotatable bonds is 4. The lowest BCUT2D eigenvalue weighted by molar-refractivity contribution is -0.384. The van der Waals surface area contributed by atoms with Crippen LogP contribution in [0.3, 0.4) is 0 Å². The Hall–Kier alpha value is -2.80. The van der Waals surface area contributed by atoms with Gasteiger partial charge in [0.25, 0.3) is 5.69 Å². The van der Waals surface area contributed by atoms with Gasteiger partial charge in [-0.1, -0.05) is 12.1 Å². The van der Waals surface area contributed by atoms with Crippen molar-refractivity contribution in [1.29, 1.82) is 0 Å². The van der Waals surface area contributed by atoms with Crippen LogP contribution in [0.2, 0.25) is 0 Å². The standard InChI is InChI=1S/C17H18N4O2S/c1-11-5-4-6-16(12(11)2)18-17(24)20-19-13(3)14-7-9-15(10-8-14)21(22)23/h4-10H,1-3H3,(H2,18,20,24)/b19-13-. The predicted molar refractivity (Wildman–Crippen MR) is 101 cm³/mol. The van der Waals surface area contributed by atoms with Crippen LogP contribution in [-0.2, 0) is 0 Å². The molecule has 0 atom stereocenters. The fourth-order valence-corrected chi connectivity index (χ4v) is 2.22. The summed E-state index contributed by atoms with van der Waals surface area (Å²) >= 11 is 5.24. The number of thiocarbonyl (C=S) groups is 1. The van der Waals surface area contributed by atoms with Crippen LogP contribution in [0, 0.1) is 24.0 Å². The number of anilines is 1. The molecule has 0 amide bonds. The van der Waals surface area contributed by atoms with Crippen molar-refractivity contribution in [3.63, 3.8) is 0 Å². The molecule has 0 heterocycles. The van der Waals surface area contributed by atoms with Crippen molar-refractivity contribution in [2.45, 2.75) is 20.8 Å². The molecule has 0 aliphatic rings. The summed E-state index contributed by atoms with van der Waals surface area (Å²) in [7, 11) is 0. The summed E-state index contributed by atoms with van der Waals surface area (Å²) in [6.45, 7) is 5.86. The fourth-order valence-electron chi connectivity index (χ4n) is 2.06. The first kappa shape index (κ1) is 17.6. The van der Waals surface area contributed by atoms with Crippen LogP contribution in [0.15, 0.2) is 47.6 Å². The van der Waals surface area contributed by atoms with Crippen LogP contribution >= 0.6 is 12.2 Å². The van der Waals surface area contributed by atoms with Gasteiger partial charge >= 0.3 is 0 Å². The molecule has 6 nitrogen and oxygen atoms in total. The zero-order chi connectivity index (χ0) is 17.7. The van der Waals surface area contributed by atoms with Crippen molar-refractivity contribution in [3.8, 4) is 0 Å². The number of hydrazone groups is 1. The molecule has 0 aromatic heterocycles. The van der Waals surface area contributed by atoms with Crippen molar-refractivity contribution in [2.75, 3.05) is 5.32 Å². The monoisotopic (exact) mass is 342 g/mol. The van der Waals surface area contributed by atoms with Gasteiger partial charge in [0.2, 0.25) is 0 Å². The quantitative estimate of drug-likeness (QED) is 0.381. The van der Waals surface area contributed by atoms with E-state index < -0.39 is 4.92 Å². The average molecular weight is 342 g/mol. The van der Waals surface area contributed by atoms with E-state index >= 15 is 0 Å². The number of nitrogens with zero attached hydrogens (tertiary/aromatic N) is 2. The summed E-state index contributed by atoms with van der Waals surface area (Å²) in [6, 6.07) is 12.1. The Kier molecular flexibility index (Phi) is 5.59. The van der Waals surface area contributed by atoms with E-state index in [-0.39, 0.29) is 5.69 Å². The second-order valence-electron chi connectivity index (χ2n) is 5.31. The fraction of sp³-hybridized carbons (Fsp3) is 0.176. The van der Waals surface area contributed by atoms with Crippen LogP contribution in [0.25, 0.3) is 0 Å². The van der Waals surface area contributed by atoms with Gasteiger partial charge in [-0.25, -0.2) is 0 Å². The van der Waals surface area contributed by atoms with Crippen molar-refractivity contribution in [1.82, 2.24) is 5.43 Å². The summed E-state index contributed by atoms with van der Waals surface area (Å²) in [4.78, 5) is 10.2. The van der Waals surface area contributed by atoms with E-state index in [4.69, 9.17) is 12.2 Å². The number of hydrogen-bond acceptors (Lipinski definition) is 4. The molecule has 0 aliphatic heterocycles. The number of benzene rings is 2. The molecule has 0 aliphatic carbocycles. The van der Waals surface area contributed by atoms with E-state index in [0.717, 1.165) is 16.8 Å². The lowest BCUT2D eigenvalue weighted by Gasteiger charge is -2.12. The van der Waals surface area contributed by atoms with Gasteiger partial charge in [0.05, 0.1) is 10.6 Å². The minimum atomic E-state index is -0.433. The minimum absolute atomic E-state index is 0.0478. The molecule has 2 N–H and O–H groups in total. The topological polar surface area (TPSA) is 79.6 Å². The van der Waals surface area contributed by atoms with E-state index in [1.807, 2.05) is 32.0 Å². The maximum absolute atomic E-state index is 10.7. The molecule has 0 radical (unpaired) electrons. The van der Waals surface area contributed by atoms with Crippen LogP contribution in [-0.4, -0.2) is 15.7 Å². The van der Waals surface area contributed by atoms with Crippen molar-refractivity contribution in [2.24, 2.45) is 5.10 Å². The van der Waals surface area contributed by atoms with Crippen molar-refractivity contribution in [3.05, 3.63) is 69.3 Å². The zero-order valence-electron chi connectivity index (χ0n) is 13.7. The number of nitro groups is 1. The molecule has 0 spiro atoms. The van der Waals surface area contributed by atoms with Gasteiger partial charge in [-0.3, -0.25) is 15.5 Å². The Bertz CT molecular complexity index is 801. The number of aryl methyl sites for hydroxylation is 1. The first-order valence-corrected chi connectivity index (χ1v) is 7.71. The molecule has 0 saturated heterocycles. The molecular formula is C17H18N4O2S. The largest absolute Gasteiger partial charge is 0.331 e. The zero-order valence-corrected chi connectivity index (χ0v) is 14.5. The highest BCUT2D eigenvalue weighted by atomic mass is 32.1. The molecule has 0 bridgehead atoms. The van der Waals surface area contributed by atoms with Gasteiger partial charge in [0, 0.05) is 17.8 Å². The van der Waals surface area contributed by atoms with Gasteiger partial charge in [-0.15, -0.1) is 0 Å². The number of nitro benzene ring substituents is 1. The highest BCUT2D eigenvalue weighted by Gasteiger charge is 2.06. The minimum Gasteiger partial charge on any atom is -0.331 e. The highest BCUT2D eigenvalue weighted by Crippen LogP contribution is 2.17. The summed E-state index contributed by atoms with van der Waals surface area (Å²) < 4.78 is 0. The summed E-state index contributed by atoms with van der Waals surface area (Å²) in [5.41, 5.74) is 7.52. The Balaban J connectivity index is 2.02. The normalized spacial score (nSPS) is 11.0. The molecule has 2 aromatic carbocycles. The van der Waals surface area contributed by atoms with Crippen LogP contribution in [0.5, 0.6) is 0 Å². The Labute approximate surface area is 145 Å². The third-order valence-electron chi connectivity index (χ3n) is 3.67. The molecule has 24 heavy (non-hydrogen) atoms. The van der Waals surface area contributed by atoms with Crippen molar-refractivity contribution < 1.29 is 4.92 Å². The molecular weight excluding hydrogens is 324 g/mol. The highest BCUT2D eigenvalue weighted by molar-refractivity contribution is 7.80. The van der Waals surface area contributed by atoms with Gasteiger partial charge in [0.15, 0.2) is 5.11 Å². The average Bonchev–Trinajstić information content (AvgIpc) is 2.57. The van der Waals surface area contributed by atoms with E-state index in [9.17, 15) is 10.1 Å². The summed E-state index contributed by atoms with van der Waals surface area (Å²) in [5, 5.41) is 18.4. The molecule has 2 aromatic rings. The smallest absolute Gasteiger partial charge is 0.269 e. The number of non-ortho nitro benzene ring substituents is 1. The Morgan fingerprint density at radius 3 is 2.46 bits per heavy atom. The van der Waals surface area contributed by atoms with E-state index in [0.29, 0.717) is 10.8 Å². The second kappa shape index (κ2) is 7.65.